The quantitative estimate of drug-likeness (QED) is 0.620. The van der Waals surface area contributed by atoms with Crippen LogP contribution in [0.25, 0.3) is 0 Å². The molecule has 0 bridgehead atoms. The molecule has 1 aromatic carbocycles. The van der Waals surface area contributed by atoms with Gasteiger partial charge in [-0.05, 0) is 17.7 Å². The van der Waals surface area contributed by atoms with Gasteiger partial charge in [0.05, 0.1) is 18.6 Å². The first-order valence-electron chi connectivity index (χ1n) is 5.58. The van der Waals surface area contributed by atoms with E-state index in [1.54, 1.807) is 24.4 Å². The summed E-state index contributed by atoms with van der Waals surface area (Å²) in [5.41, 5.74) is 0.408. The van der Waals surface area contributed by atoms with E-state index in [9.17, 15) is 14.9 Å². The van der Waals surface area contributed by atoms with Crippen LogP contribution in [0.4, 0.5) is 5.69 Å². The van der Waals surface area contributed by atoms with Crippen molar-refractivity contribution in [3.63, 3.8) is 0 Å². The van der Waals surface area contributed by atoms with Crippen molar-refractivity contribution in [2.45, 2.75) is 6.54 Å². The van der Waals surface area contributed by atoms with Gasteiger partial charge in [0.25, 0.3) is 5.56 Å². The molecule has 19 heavy (non-hydrogen) atoms. The lowest BCUT2D eigenvalue weighted by Crippen LogP contribution is -2.18. The van der Waals surface area contributed by atoms with E-state index in [0.29, 0.717) is 5.56 Å². The zero-order valence-corrected chi connectivity index (χ0v) is 10.3. The van der Waals surface area contributed by atoms with Crippen molar-refractivity contribution in [1.82, 2.24) is 4.57 Å². The normalized spacial score (nSPS) is 10.2. The van der Waals surface area contributed by atoms with Gasteiger partial charge in [-0.15, -0.1) is 0 Å². The molecule has 2 rings (SSSR count). The highest BCUT2D eigenvalue weighted by molar-refractivity contribution is 5.48. The highest BCUT2D eigenvalue weighted by atomic mass is 16.6. The summed E-state index contributed by atoms with van der Waals surface area (Å²) < 4.78 is 6.40. The zero-order valence-electron chi connectivity index (χ0n) is 10.3. The van der Waals surface area contributed by atoms with E-state index >= 15 is 0 Å². The summed E-state index contributed by atoms with van der Waals surface area (Å²) in [4.78, 5) is 22.0. The molecule has 0 fully saturated rings. The Morgan fingerprint density at radius 1 is 1.32 bits per heavy atom. The number of nitro benzene ring substituents is 1. The van der Waals surface area contributed by atoms with E-state index in [4.69, 9.17) is 4.74 Å². The SMILES string of the molecule is COc1ccc(Cn2ccccc2=O)cc1[N+](=O)[O-]. The third kappa shape index (κ3) is 2.79. The number of rotatable bonds is 4. The number of methoxy groups -OCH3 is 1. The smallest absolute Gasteiger partial charge is 0.311 e. The minimum Gasteiger partial charge on any atom is -0.490 e. The van der Waals surface area contributed by atoms with Gasteiger partial charge in [-0.25, -0.2) is 0 Å². The van der Waals surface area contributed by atoms with E-state index in [1.807, 2.05) is 0 Å². The summed E-state index contributed by atoms with van der Waals surface area (Å²) in [6.07, 6.45) is 1.64. The van der Waals surface area contributed by atoms with E-state index in [-0.39, 0.29) is 23.5 Å². The first-order chi connectivity index (χ1) is 9.11. The Kier molecular flexibility index (Phi) is 3.61. The van der Waals surface area contributed by atoms with Crippen molar-refractivity contribution in [2.24, 2.45) is 0 Å². The van der Waals surface area contributed by atoms with Crippen molar-refractivity contribution < 1.29 is 9.66 Å². The standard InChI is InChI=1S/C13H12N2O4/c1-19-12-6-5-10(8-11(12)15(17)18)9-14-7-3-2-4-13(14)16/h2-8H,9H2,1H3. The number of hydrogen-bond acceptors (Lipinski definition) is 4. The second-order valence-corrected chi connectivity index (χ2v) is 3.93. The Morgan fingerprint density at radius 2 is 2.11 bits per heavy atom. The maximum Gasteiger partial charge on any atom is 0.311 e. The molecule has 0 aliphatic rings. The Hall–Kier alpha value is -2.63. The predicted molar refractivity (Wildman–Crippen MR) is 69.5 cm³/mol. The lowest BCUT2D eigenvalue weighted by Gasteiger charge is -2.07. The molecular formula is C13H12N2O4. The number of benzene rings is 1. The molecule has 6 nitrogen and oxygen atoms in total. The zero-order chi connectivity index (χ0) is 13.8. The van der Waals surface area contributed by atoms with Crippen LogP contribution in [0.3, 0.4) is 0 Å². The molecule has 98 valence electrons. The van der Waals surface area contributed by atoms with Gasteiger partial charge in [0.15, 0.2) is 5.75 Å². The van der Waals surface area contributed by atoms with Crippen LogP contribution >= 0.6 is 0 Å². The van der Waals surface area contributed by atoms with Crippen LogP contribution in [0.2, 0.25) is 0 Å². The van der Waals surface area contributed by atoms with Gasteiger partial charge in [0.1, 0.15) is 0 Å². The molecule has 0 aliphatic heterocycles. The van der Waals surface area contributed by atoms with Gasteiger partial charge in [-0.1, -0.05) is 12.1 Å². The summed E-state index contributed by atoms with van der Waals surface area (Å²) in [6, 6.07) is 9.47. The third-order valence-corrected chi connectivity index (χ3v) is 2.69. The number of aromatic nitrogens is 1. The number of nitro groups is 1. The van der Waals surface area contributed by atoms with E-state index in [0.717, 1.165) is 0 Å². The van der Waals surface area contributed by atoms with E-state index in [1.165, 1.54) is 29.9 Å². The van der Waals surface area contributed by atoms with Gasteiger partial charge in [0.2, 0.25) is 0 Å². The van der Waals surface area contributed by atoms with Crippen molar-refractivity contribution in [2.75, 3.05) is 7.11 Å². The highest BCUT2D eigenvalue weighted by Crippen LogP contribution is 2.27. The van der Waals surface area contributed by atoms with Gasteiger partial charge < -0.3 is 9.30 Å². The molecule has 0 amide bonds. The third-order valence-electron chi connectivity index (χ3n) is 2.69. The first-order valence-corrected chi connectivity index (χ1v) is 5.58. The monoisotopic (exact) mass is 260 g/mol. The van der Waals surface area contributed by atoms with Crippen LogP contribution in [0, 0.1) is 10.1 Å². The molecule has 2 aromatic rings. The Balaban J connectivity index is 2.37. The van der Waals surface area contributed by atoms with Crippen LogP contribution in [-0.2, 0) is 6.54 Å². The molecule has 0 saturated carbocycles. The molecule has 0 unspecified atom stereocenters. The second-order valence-electron chi connectivity index (χ2n) is 3.93. The Labute approximate surface area is 109 Å². The molecular weight excluding hydrogens is 248 g/mol. The summed E-state index contributed by atoms with van der Waals surface area (Å²) in [5, 5.41) is 10.9. The van der Waals surface area contributed by atoms with Crippen molar-refractivity contribution >= 4 is 5.69 Å². The number of pyridine rings is 1. The lowest BCUT2D eigenvalue weighted by molar-refractivity contribution is -0.385. The minimum absolute atomic E-state index is 0.107. The van der Waals surface area contributed by atoms with Crippen LogP contribution in [0.1, 0.15) is 5.56 Å². The maximum atomic E-state index is 11.6. The summed E-state index contributed by atoms with van der Waals surface area (Å²) in [5.74, 6) is 0.203. The molecule has 0 aliphatic carbocycles. The minimum atomic E-state index is -0.504. The highest BCUT2D eigenvalue weighted by Gasteiger charge is 2.15. The molecule has 0 radical (unpaired) electrons. The molecule has 1 heterocycles. The topological polar surface area (TPSA) is 74.4 Å². The fourth-order valence-electron chi connectivity index (χ4n) is 1.76. The largest absolute Gasteiger partial charge is 0.490 e. The van der Waals surface area contributed by atoms with Gasteiger partial charge in [-0.2, -0.15) is 0 Å². The van der Waals surface area contributed by atoms with E-state index < -0.39 is 4.92 Å². The fourth-order valence-corrected chi connectivity index (χ4v) is 1.76. The number of ether oxygens (including phenoxy) is 1. The van der Waals surface area contributed by atoms with Gasteiger partial charge >= 0.3 is 5.69 Å². The average molecular weight is 260 g/mol. The summed E-state index contributed by atoms with van der Waals surface area (Å²) in [7, 11) is 1.38. The summed E-state index contributed by atoms with van der Waals surface area (Å²) in [6.45, 7) is 0.282. The van der Waals surface area contributed by atoms with Crippen LogP contribution < -0.4 is 10.3 Å². The molecule has 0 N–H and O–H groups in total. The number of hydrogen-bond donors (Lipinski definition) is 0. The Bertz CT molecular complexity index is 664. The molecule has 0 atom stereocenters. The number of nitrogens with zero attached hydrogens (tertiary/aromatic N) is 2. The molecule has 6 heteroatoms. The van der Waals surface area contributed by atoms with Crippen LogP contribution in [0.15, 0.2) is 47.4 Å². The fraction of sp³-hybridized carbons (Fsp3) is 0.154. The first kappa shape index (κ1) is 12.8. The lowest BCUT2D eigenvalue weighted by atomic mass is 10.2. The van der Waals surface area contributed by atoms with E-state index in [2.05, 4.69) is 0 Å². The van der Waals surface area contributed by atoms with Crippen molar-refractivity contribution in [1.29, 1.82) is 0 Å². The molecule has 1 aromatic heterocycles. The predicted octanol–water partition coefficient (Wildman–Crippen LogP) is 1.81. The van der Waals surface area contributed by atoms with Crippen molar-refractivity contribution in [3.05, 3.63) is 68.6 Å². The molecule has 0 spiro atoms. The van der Waals surface area contributed by atoms with Gasteiger partial charge in [0, 0.05) is 18.3 Å². The van der Waals surface area contributed by atoms with Crippen LogP contribution in [0.5, 0.6) is 5.75 Å². The second kappa shape index (κ2) is 5.34. The van der Waals surface area contributed by atoms with Crippen molar-refractivity contribution in [3.8, 4) is 5.75 Å². The van der Waals surface area contributed by atoms with Gasteiger partial charge in [-0.3, -0.25) is 14.9 Å². The Morgan fingerprint density at radius 3 is 2.74 bits per heavy atom. The van der Waals surface area contributed by atoms with Crippen LogP contribution in [-0.4, -0.2) is 16.6 Å². The summed E-state index contributed by atoms with van der Waals surface area (Å²) >= 11 is 0. The average Bonchev–Trinajstić information content (AvgIpc) is 2.41. The molecule has 0 saturated heterocycles. The maximum absolute atomic E-state index is 11.6.